The van der Waals surface area contributed by atoms with Crippen molar-refractivity contribution in [3.63, 3.8) is 0 Å². The zero-order valence-electron chi connectivity index (χ0n) is 11.3. The zero-order chi connectivity index (χ0) is 13.5. The summed E-state index contributed by atoms with van der Waals surface area (Å²) in [5.74, 6) is 2.54. The van der Waals surface area contributed by atoms with Crippen LogP contribution in [0, 0.1) is 0 Å². The zero-order valence-corrected chi connectivity index (χ0v) is 12.9. The Bertz CT molecular complexity index is 474. The summed E-state index contributed by atoms with van der Waals surface area (Å²) in [6, 6.07) is 1.99. The Labute approximate surface area is 122 Å². The van der Waals surface area contributed by atoms with Crippen LogP contribution in [-0.2, 0) is 0 Å². The summed E-state index contributed by atoms with van der Waals surface area (Å²) in [5, 5.41) is 10.2. The van der Waals surface area contributed by atoms with E-state index < -0.39 is 5.60 Å². The largest absolute Gasteiger partial charge is 0.390 e. The fourth-order valence-electron chi connectivity index (χ4n) is 2.60. The van der Waals surface area contributed by atoms with Crippen molar-refractivity contribution < 1.29 is 5.11 Å². The molecular weight excluding hydrogens is 306 g/mol. The van der Waals surface area contributed by atoms with Crippen LogP contribution < -0.4 is 4.90 Å². The molecule has 104 valence electrons. The van der Waals surface area contributed by atoms with E-state index in [4.69, 9.17) is 4.98 Å². The molecule has 0 spiro atoms. The summed E-state index contributed by atoms with van der Waals surface area (Å²) >= 11 is 3.49. The lowest BCUT2D eigenvalue weighted by atomic mass is 9.98. The predicted molar refractivity (Wildman–Crippen MR) is 78.4 cm³/mol. The van der Waals surface area contributed by atoms with Gasteiger partial charge in [-0.3, -0.25) is 0 Å². The smallest absolute Gasteiger partial charge is 0.135 e. The lowest BCUT2D eigenvalue weighted by Gasteiger charge is -2.23. The van der Waals surface area contributed by atoms with Crippen molar-refractivity contribution >= 4 is 21.7 Å². The van der Waals surface area contributed by atoms with Gasteiger partial charge in [-0.1, -0.05) is 0 Å². The van der Waals surface area contributed by atoms with Crippen molar-refractivity contribution in [3.8, 4) is 0 Å². The minimum Gasteiger partial charge on any atom is -0.390 e. The third kappa shape index (κ3) is 3.26. The van der Waals surface area contributed by atoms with E-state index in [0.717, 1.165) is 48.6 Å². The van der Waals surface area contributed by atoms with Gasteiger partial charge in [0.1, 0.15) is 16.2 Å². The van der Waals surface area contributed by atoms with Crippen LogP contribution in [0.25, 0.3) is 0 Å². The van der Waals surface area contributed by atoms with Crippen LogP contribution in [0.4, 0.5) is 5.82 Å². The molecule has 2 fully saturated rings. The van der Waals surface area contributed by atoms with E-state index in [9.17, 15) is 5.11 Å². The van der Waals surface area contributed by atoms with Gasteiger partial charge < -0.3 is 10.0 Å². The molecule has 1 saturated heterocycles. The van der Waals surface area contributed by atoms with Crippen molar-refractivity contribution in [2.45, 2.75) is 50.5 Å². The lowest BCUT2D eigenvalue weighted by molar-refractivity contribution is 0.0481. The van der Waals surface area contributed by atoms with Gasteiger partial charge in [-0.15, -0.1) is 0 Å². The Morgan fingerprint density at radius 3 is 2.84 bits per heavy atom. The molecule has 1 aromatic rings. The third-order valence-corrected chi connectivity index (χ3v) is 4.44. The molecule has 1 aromatic heterocycles. The molecule has 0 amide bonds. The maximum atomic E-state index is 10.2. The van der Waals surface area contributed by atoms with E-state index in [2.05, 4.69) is 25.8 Å². The first-order valence-corrected chi connectivity index (χ1v) is 7.85. The lowest BCUT2D eigenvalue weighted by Crippen LogP contribution is -2.29. The monoisotopic (exact) mass is 325 g/mol. The summed E-state index contributed by atoms with van der Waals surface area (Å²) in [5.41, 5.74) is -0.529. The molecule has 19 heavy (non-hydrogen) atoms. The van der Waals surface area contributed by atoms with E-state index >= 15 is 0 Å². The Hall–Kier alpha value is -0.680. The molecule has 1 saturated carbocycles. The number of aliphatic hydroxyl groups is 1. The number of rotatable bonds is 2. The Kier molecular flexibility index (Phi) is 3.52. The number of hydrogen-bond acceptors (Lipinski definition) is 4. The highest BCUT2D eigenvalue weighted by Crippen LogP contribution is 2.39. The highest BCUT2D eigenvalue weighted by Gasteiger charge is 2.29. The van der Waals surface area contributed by atoms with Gasteiger partial charge in [0.15, 0.2) is 0 Å². The average molecular weight is 326 g/mol. The van der Waals surface area contributed by atoms with Gasteiger partial charge in [-0.05, 0) is 55.0 Å². The molecule has 1 N–H and O–H groups in total. The maximum Gasteiger partial charge on any atom is 0.135 e. The van der Waals surface area contributed by atoms with Gasteiger partial charge in [0, 0.05) is 25.1 Å². The van der Waals surface area contributed by atoms with E-state index in [-0.39, 0.29) is 0 Å². The van der Waals surface area contributed by atoms with E-state index in [1.807, 2.05) is 13.0 Å². The minimum atomic E-state index is -0.529. The second-order valence-corrected chi connectivity index (χ2v) is 6.83. The molecule has 1 unspecified atom stereocenters. The van der Waals surface area contributed by atoms with Crippen molar-refractivity contribution in [1.82, 2.24) is 9.97 Å². The number of halogens is 1. The van der Waals surface area contributed by atoms with Gasteiger partial charge in [0.25, 0.3) is 0 Å². The van der Waals surface area contributed by atoms with Crippen molar-refractivity contribution in [2.75, 3.05) is 18.0 Å². The van der Waals surface area contributed by atoms with Crippen LogP contribution in [0.15, 0.2) is 10.7 Å². The van der Waals surface area contributed by atoms with Crippen LogP contribution in [0.5, 0.6) is 0 Å². The van der Waals surface area contributed by atoms with Crippen LogP contribution in [0.1, 0.15) is 50.8 Å². The van der Waals surface area contributed by atoms with Crippen LogP contribution in [0.2, 0.25) is 0 Å². The normalized spacial score (nSPS) is 28.3. The van der Waals surface area contributed by atoms with Crippen molar-refractivity contribution in [3.05, 3.63) is 16.5 Å². The quantitative estimate of drug-likeness (QED) is 0.849. The molecule has 2 aliphatic rings. The van der Waals surface area contributed by atoms with Gasteiger partial charge in [0.2, 0.25) is 0 Å². The topological polar surface area (TPSA) is 49.2 Å². The molecule has 2 heterocycles. The molecule has 5 heteroatoms. The SMILES string of the molecule is CC1(O)CCCN(c2cc(Br)nc(C3CC3)n2)CC1. The summed E-state index contributed by atoms with van der Waals surface area (Å²) in [6.45, 7) is 3.76. The summed E-state index contributed by atoms with van der Waals surface area (Å²) in [7, 11) is 0. The summed E-state index contributed by atoms with van der Waals surface area (Å²) in [6.07, 6.45) is 5.10. The Morgan fingerprint density at radius 2 is 2.11 bits per heavy atom. The van der Waals surface area contributed by atoms with Crippen molar-refractivity contribution in [1.29, 1.82) is 0 Å². The Morgan fingerprint density at radius 1 is 1.32 bits per heavy atom. The first-order valence-electron chi connectivity index (χ1n) is 7.05. The average Bonchev–Trinajstić information content (AvgIpc) is 3.15. The standard InChI is InChI=1S/C14H20BrN3O/c1-14(19)5-2-7-18(8-6-14)12-9-11(15)16-13(17-12)10-3-4-10/h9-10,19H,2-8H2,1H3. The van der Waals surface area contributed by atoms with Gasteiger partial charge >= 0.3 is 0 Å². The fourth-order valence-corrected chi connectivity index (χ4v) is 2.99. The van der Waals surface area contributed by atoms with E-state index in [1.165, 1.54) is 12.8 Å². The molecule has 1 aliphatic carbocycles. The molecule has 0 radical (unpaired) electrons. The first-order chi connectivity index (χ1) is 9.03. The summed E-state index contributed by atoms with van der Waals surface area (Å²) in [4.78, 5) is 11.5. The minimum absolute atomic E-state index is 0.529. The first kappa shape index (κ1) is 13.3. The third-order valence-electron chi connectivity index (χ3n) is 4.03. The van der Waals surface area contributed by atoms with Gasteiger partial charge in [0.05, 0.1) is 5.60 Å². The molecule has 0 aromatic carbocycles. The summed E-state index contributed by atoms with van der Waals surface area (Å²) < 4.78 is 0.871. The number of aromatic nitrogens is 2. The number of hydrogen-bond donors (Lipinski definition) is 1. The number of nitrogens with zero attached hydrogens (tertiary/aromatic N) is 3. The van der Waals surface area contributed by atoms with Crippen LogP contribution >= 0.6 is 15.9 Å². The predicted octanol–water partition coefficient (Wildman–Crippen LogP) is 2.86. The highest BCUT2D eigenvalue weighted by molar-refractivity contribution is 9.10. The molecular formula is C14H20BrN3O. The Balaban J connectivity index is 1.81. The van der Waals surface area contributed by atoms with E-state index in [1.54, 1.807) is 0 Å². The van der Waals surface area contributed by atoms with Gasteiger partial charge in [-0.25, -0.2) is 9.97 Å². The second-order valence-electron chi connectivity index (χ2n) is 6.02. The maximum absolute atomic E-state index is 10.2. The molecule has 1 aliphatic heterocycles. The van der Waals surface area contributed by atoms with Crippen LogP contribution in [-0.4, -0.2) is 33.8 Å². The molecule has 0 bridgehead atoms. The molecule has 3 rings (SSSR count). The fraction of sp³-hybridized carbons (Fsp3) is 0.714. The van der Waals surface area contributed by atoms with Crippen LogP contribution in [0.3, 0.4) is 0 Å². The van der Waals surface area contributed by atoms with E-state index in [0.29, 0.717) is 5.92 Å². The highest BCUT2D eigenvalue weighted by atomic mass is 79.9. The molecule has 4 nitrogen and oxygen atoms in total. The number of anilines is 1. The van der Waals surface area contributed by atoms with Gasteiger partial charge in [-0.2, -0.15) is 0 Å². The second kappa shape index (κ2) is 5.02. The molecule has 1 atom stereocenters. The van der Waals surface area contributed by atoms with Crippen molar-refractivity contribution in [2.24, 2.45) is 0 Å².